The summed E-state index contributed by atoms with van der Waals surface area (Å²) in [5, 5.41) is 8.90. The molecule has 6 heteroatoms. The molecule has 0 radical (unpaired) electrons. The summed E-state index contributed by atoms with van der Waals surface area (Å²) < 4.78 is 13.4. The summed E-state index contributed by atoms with van der Waals surface area (Å²) in [4.78, 5) is 34.5. The number of rotatable bonds is 2. The highest BCUT2D eigenvalue weighted by atomic mass is 19.1. The maximum atomic E-state index is 13.4. The molecule has 0 atom stereocenters. The Hall–Kier alpha value is -2.24. The number of hydrogen-bond acceptors (Lipinski definition) is 3. The lowest BCUT2D eigenvalue weighted by Crippen LogP contribution is -2.27. The van der Waals surface area contributed by atoms with E-state index >= 15 is 0 Å². The van der Waals surface area contributed by atoms with Crippen molar-refractivity contribution in [1.29, 1.82) is 0 Å². The van der Waals surface area contributed by atoms with Crippen LogP contribution in [0, 0.1) is 5.82 Å². The number of ketones is 1. The molecule has 0 aromatic heterocycles. The molecule has 1 fully saturated rings. The van der Waals surface area contributed by atoms with Crippen molar-refractivity contribution in [3.63, 3.8) is 0 Å². The molecule has 0 bridgehead atoms. The highest BCUT2D eigenvalue weighted by molar-refractivity contribution is 6.16. The van der Waals surface area contributed by atoms with Crippen molar-refractivity contribution in [3.8, 4) is 0 Å². The third-order valence-corrected chi connectivity index (χ3v) is 2.48. The minimum absolute atomic E-state index is 0.0756. The van der Waals surface area contributed by atoms with Crippen molar-refractivity contribution in [1.82, 2.24) is 0 Å². The van der Waals surface area contributed by atoms with E-state index in [2.05, 4.69) is 0 Å². The van der Waals surface area contributed by atoms with Crippen LogP contribution in [0.4, 0.5) is 10.1 Å². The third kappa shape index (κ3) is 1.89. The summed E-state index contributed by atoms with van der Waals surface area (Å²) in [6.45, 7) is -0.206. The molecule has 0 aliphatic carbocycles. The van der Waals surface area contributed by atoms with Crippen LogP contribution >= 0.6 is 0 Å². The summed E-state index contributed by atoms with van der Waals surface area (Å²) in [5.74, 6) is -3.22. The predicted octanol–water partition coefficient (Wildman–Crippen LogP) is 0.830. The first-order chi connectivity index (χ1) is 8.00. The highest BCUT2D eigenvalue weighted by Crippen LogP contribution is 2.26. The fourth-order valence-electron chi connectivity index (χ4n) is 1.75. The number of carboxylic acid groups (broad SMARTS) is 1. The average molecular weight is 237 g/mol. The lowest BCUT2D eigenvalue weighted by Gasteiger charge is -2.17. The van der Waals surface area contributed by atoms with E-state index < -0.39 is 23.3 Å². The van der Waals surface area contributed by atoms with Gasteiger partial charge >= 0.3 is 5.97 Å². The molecular formula is C11H8FNO4. The molecule has 5 nitrogen and oxygen atoms in total. The number of hydrogen-bond donors (Lipinski definition) is 1. The number of aromatic carboxylic acids is 1. The second-order valence-corrected chi connectivity index (χ2v) is 3.63. The van der Waals surface area contributed by atoms with Crippen LogP contribution in [0.25, 0.3) is 0 Å². The number of carbonyl (C=O) groups excluding carboxylic acids is 2. The van der Waals surface area contributed by atoms with Crippen LogP contribution < -0.4 is 4.90 Å². The normalized spacial score (nSPS) is 15.5. The van der Waals surface area contributed by atoms with E-state index in [0.29, 0.717) is 0 Å². The molecule has 88 valence electrons. The second kappa shape index (κ2) is 3.97. The first kappa shape index (κ1) is 11.3. The number of anilines is 1. The van der Waals surface area contributed by atoms with Crippen LogP contribution in [0.1, 0.15) is 16.8 Å². The first-order valence-electron chi connectivity index (χ1n) is 4.84. The molecule has 1 aliphatic rings. The van der Waals surface area contributed by atoms with Crippen molar-refractivity contribution >= 4 is 23.3 Å². The van der Waals surface area contributed by atoms with Gasteiger partial charge in [0.05, 0.1) is 18.7 Å². The standard InChI is InChI=1S/C11H8FNO4/c12-7-2-1-3-8(10(7)11(16)17)13-5-6(14)4-9(13)15/h1-3H,4-5H2,(H,16,17). The van der Waals surface area contributed by atoms with Gasteiger partial charge in [0.15, 0.2) is 5.78 Å². The quantitative estimate of drug-likeness (QED) is 0.773. The fraction of sp³-hybridized carbons (Fsp3) is 0.182. The number of Topliss-reactive ketones (excluding diaryl/α,β-unsaturated/α-hetero) is 1. The van der Waals surface area contributed by atoms with Gasteiger partial charge < -0.3 is 10.0 Å². The molecule has 0 saturated carbocycles. The molecule has 1 aromatic rings. The Labute approximate surface area is 95.5 Å². The summed E-state index contributed by atoms with van der Waals surface area (Å²) in [7, 11) is 0. The second-order valence-electron chi connectivity index (χ2n) is 3.63. The first-order valence-corrected chi connectivity index (χ1v) is 4.84. The van der Waals surface area contributed by atoms with E-state index in [1.54, 1.807) is 0 Å². The van der Waals surface area contributed by atoms with E-state index in [1.165, 1.54) is 12.1 Å². The Bertz CT molecular complexity index is 526. The maximum Gasteiger partial charge on any atom is 0.340 e. The van der Waals surface area contributed by atoms with E-state index in [1.807, 2.05) is 0 Å². The monoisotopic (exact) mass is 237 g/mol. The van der Waals surface area contributed by atoms with Gasteiger partial charge in [-0.25, -0.2) is 9.18 Å². The molecule has 1 saturated heterocycles. The van der Waals surface area contributed by atoms with Crippen molar-refractivity contribution in [2.45, 2.75) is 6.42 Å². The average Bonchev–Trinajstić information content (AvgIpc) is 2.56. The number of carbonyl (C=O) groups is 3. The minimum Gasteiger partial charge on any atom is -0.478 e. The van der Waals surface area contributed by atoms with Crippen LogP contribution in [0.3, 0.4) is 0 Å². The van der Waals surface area contributed by atoms with Crippen molar-refractivity contribution in [3.05, 3.63) is 29.6 Å². The molecule has 2 rings (SSSR count). The largest absolute Gasteiger partial charge is 0.478 e. The van der Waals surface area contributed by atoms with Gasteiger partial charge in [-0.2, -0.15) is 0 Å². The van der Waals surface area contributed by atoms with Crippen LogP contribution in [0.2, 0.25) is 0 Å². The van der Waals surface area contributed by atoms with Crippen LogP contribution in [0.5, 0.6) is 0 Å². The Morgan fingerprint density at radius 3 is 2.59 bits per heavy atom. The van der Waals surface area contributed by atoms with E-state index in [4.69, 9.17) is 5.11 Å². The number of benzene rings is 1. The van der Waals surface area contributed by atoms with E-state index in [9.17, 15) is 18.8 Å². The molecule has 1 aromatic carbocycles. The van der Waals surface area contributed by atoms with Crippen LogP contribution in [0.15, 0.2) is 18.2 Å². The zero-order valence-corrected chi connectivity index (χ0v) is 8.64. The summed E-state index contributed by atoms with van der Waals surface area (Å²) in [5.41, 5.74) is -0.663. The predicted molar refractivity (Wildman–Crippen MR) is 55.3 cm³/mol. The van der Waals surface area contributed by atoms with Gasteiger partial charge in [-0.05, 0) is 12.1 Å². The van der Waals surface area contributed by atoms with Gasteiger partial charge in [-0.15, -0.1) is 0 Å². The molecule has 1 heterocycles. The van der Waals surface area contributed by atoms with Crippen LogP contribution in [-0.4, -0.2) is 29.3 Å². The number of amides is 1. The topological polar surface area (TPSA) is 74.7 Å². The molecule has 0 spiro atoms. The molecular weight excluding hydrogens is 229 g/mol. The van der Waals surface area contributed by atoms with Gasteiger partial charge in [0, 0.05) is 0 Å². The minimum atomic E-state index is -1.47. The number of halogens is 1. The van der Waals surface area contributed by atoms with E-state index in [0.717, 1.165) is 11.0 Å². The molecule has 1 amide bonds. The highest BCUT2D eigenvalue weighted by Gasteiger charge is 2.32. The van der Waals surface area contributed by atoms with Gasteiger partial charge in [0.25, 0.3) is 0 Å². The summed E-state index contributed by atoms with van der Waals surface area (Å²) in [6.07, 6.45) is -0.268. The Kier molecular flexibility index (Phi) is 2.63. The van der Waals surface area contributed by atoms with Gasteiger partial charge in [0.2, 0.25) is 5.91 Å². The van der Waals surface area contributed by atoms with Crippen molar-refractivity contribution in [2.75, 3.05) is 11.4 Å². The Morgan fingerprint density at radius 1 is 1.35 bits per heavy atom. The zero-order chi connectivity index (χ0) is 12.6. The Morgan fingerprint density at radius 2 is 2.06 bits per heavy atom. The fourth-order valence-corrected chi connectivity index (χ4v) is 1.75. The van der Waals surface area contributed by atoms with Crippen LogP contribution in [-0.2, 0) is 9.59 Å². The third-order valence-electron chi connectivity index (χ3n) is 2.48. The zero-order valence-electron chi connectivity index (χ0n) is 8.64. The molecule has 17 heavy (non-hydrogen) atoms. The lowest BCUT2D eigenvalue weighted by molar-refractivity contribution is -0.121. The molecule has 1 aliphatic heterocycles. The summed E-state index contributed by atoms with van der Waals surface area (Å²) in [6, 6.07) is 3.60. The molecule has 0 unspecified atom stereocenters. The Balaban J connectivity index is 2.52. The summed E-state index contributed by atoms with van der Waals surface area (Å²) >= 11 is 0. The molecule has 1 N–H and O–H groups in total. The number of nitrogens with zero attached hydrogens (tertiary/aromatic N) is 1. The van der Waals surface area contributed by atoms with Crippen molar-refractivity contribution < 1.29 is 23.9 Å². The smallest absolute Gasteiger partial charge is 0.340 e. The number of carboxylic acids is 1. The SMILES string of the molecule is O=C1CC(=O)N(c2cccc(F)c2C(=O)O)C1. The van der Waals surface area contributed by atoms with E-state index in [-0.39, 0.29) is 24.4 Å². The maximum absolute atomic E-state index is 13.4. The van der Waals surface area contributed by atoms with Gasteiger partial charge in [-0.3, -0.25) is 9.59 Å². The van der Waals surface area contributed by atoms with Gasteiger partial charge in [-0.1, -0.05) is 6.07 Å². The van der Waals surface area contributed by atoms with Crippen molar-refractivity contribution in [2.24, 2.45) is 0 Å². The van der Waals surface area contributed by atoms with Gasteiger partial charge in [0.1, 0.15) is 11.4 Å². The lowest BCUT2D eigenvalue weighted by atomic mass is 10.1.